The molecule has 2 saturated heterocycles. The summed E-state index contributed by atoms with van der Waals surface area (Å²) in [5.74, 6) is 1.30. The molecule has 7 nitrogen and oxygen atoms in total. The fourth-order valence-electron chi connectivity index (χ4n) is 4.01. The molecule has 2 aromatic rings. The van der Waals surface area contributed by atoms with Crippen LogP contribution in [0.1, 0.15) is 6.42 Å². The first-order valence-corrected chi connectivity index (χ1v) is 10.3. The van der Waals surface area contributed by atoms with Crippen molar-refractivity contribution in [3.05, 3.63) is 54.6 Å². The maximum absolute atomic E-state index is 13.0. The van der Waals surface area contributed by atoms with Gasteiger partial charge < -0.3 is 9.47 Å². The summed E-state index contributed by atoms with van der Waals surface area (Å²) < 4.78 is 10.9. The van der Waals surface area contributed by atoms with Crippen LogP contribution in [0.5, 0.6) is 11.5 Å². The van der Waals surface area contributed by atoms with Crippen molar-refractivity contribution in [1.82, 2.24) is 9.80 Å². The van der Waals surface area contributed by atoms with E-state index in [0.29, 0.717) is 18.0 Å². The van der Waals surface area contributed by atoms with E-state index in [1.165, 1.54) is 4.90 Å². The minimum atomic E-state index is -0.373. The van der Waals surface area contributed by atoms with Gasteiger partial charge in [0.1, 0.15) is 18.1 Å². The molecule has 2 aromatic carbocycles. The zero-order chi connectivity index (χ0) is 20.9. The standard InChI is InChI=1S/C23H27N3O4/c1-29-19-9-7-18(8-10-19)26-22(27)17-21(23(26)28)25-13-11-24(12-14-25)15-16-30-20-5-3-2-4-6-20/h2-10,21H,11-17H2,1H3/t21-/m0/s1. The Morgan fingerprint density at radius 2 is 1.60 bits per heavy atom. The van der Waals surface area contributed by atoms with Gasteiger partial charge in [0.2, 0.25) is 5.91 Å². The van der Waals surface area contributed by atoms with Crippen LogP contribution < -0.4 is 14.4 Å². The molecule has 0 aliphatic carbocycles. The fourth-order valence-corrected chi connectivity index (χ4v) is 4.01. The molecule has 4 rings (SSSR count). The van der Waals surface area contributed by atoms with E-state index < -0.39 is 0 Å². The Kier molecular flexibility index (Phi) is 6.30. The second kappa shape index (κ2) is 9.28. The largest absolute Gasteiger partial charge is 0.497 e. The van der Waals surface area contributed by atoms with Gasteiger partial charge in [-0.1, -0.05) is 18.2 Å². The van der Waals surface area contributed by atoms with E-state index in [1.54, 1.807) is 31.4 Å². The number of carbonyl (C=O) groups excluding carboxylic acids is 2. The quantitative estimate of drug-likeness (QED) is 0.652. The van der Waals surface area contributed by atoms with Gasteiger partial charge in [0, 0.05) is 32.7 Å². The summed E-state index contributed by atoms with van der Waals surface area (Å²) in [5, 5.41) is 0. The summed E-state index contributed by atoms with van der Waals surface area (Å²) in [6.07, 6.45) is 0.238. The average molecular weight is 409 g/mol. The lowest BCUT2D eigenvalue weighted by Gasteiger charge is -2.36. The third-order valence-electron chi connectivity index (χ3n) is 5.72. The van der Waals surface area contributed by atoms with Crippen LogP contribution in [0.25, 0.3) is 0 Å². The Morgan fingerprint density at radius 3 is 2.27 bits per heavy atom. The molecule has 0 aromatic heterocycles. The molecule has 0 radical (unpaired) electrons. The lowest BCUT2D eigenvalue weighted by atomic mass is 10.1. The highest BCUT2D eigenvalue weighted by molar-refractivity contribution is 6.22. The number of hydrogen-bond acceptors (Lipinski definition) is 6. The number of para-hydroxylation sites is 1. The van der Waals surface area contributed by atoms with Crippen molar-refractivity contribution >= 4 is 17.5 Å². The zero-order valence-corrected chi connectivity index (χ0v) is 17.2. The number of amides is 2. The van der Waals surface area contributed by atoms with Crippen LogP contribution in [-0.2, 0) is 9.59 Å². The number of ether oxygens (including phenoxy) is 2. The molecule has 1 atom stereocenters. The van der Waals surface area contributed by atoms with Crippen LogP contribution >= 0.6 is 0 Å². The molecule has 0 N–H and O–H groups in total. The highest BCUT2D eigenvalue weighted by atomic mass is 16.5. The fraction of sp³-hybridized carbons (Fsp3) is 0.391. The maximum atomic E-state index is 13.0. The summed E-state index contributed by atoms with van der Waals surface area (Å²) >= 11 is 0. The first-order chi connectivity index (χ1) is 14.7. The Morgan fingerprint density at radius 1 is 0.900 bits per heavy atom. The minimum Gasteiger partial charge on any atom is -0.497 e. The number of benzene rings is 2. The zero-order valence-electron chi connectivity index (χ0n) is 17.2. The van der Waals surface area contributed by atoms with E-state index in [1.807, 2.05) is 30.3 Å². The number of rotatable bonds is 7. The molecule has 2 heterocycles. The van der Waals surface area contributed by atoms with E-state index in [4.69, 9.17) is 9.47 Å². The van der Waals surface area contributed by atoms with Crippen molar-refractivity contribution in [2.45, 2.75) is 12.5 Å². The number of piperazine rings is 1. The predicted octanol–water partition coefficient (Wildman–Crippen LogP) is 2.02. The van der Waals surface area contributed by atoms with E-state index in [-0.39, 0.29) is 24.3 Å². The van der Waals surface area contributed by atoms with Gasteiger partial charge in [0.15, 0.2) is 0 Å². The molecule has 0 spiro atoms. The Labute approximate surface area is 176 Å². The van der Waals surface area contributed by atoms with Gasteiger partial charge in [0.25, 0.3) is 5.91 Å². The SMILES string of the molecule is COc1ccc(N2C(=O)C[C@H](N3CCN(CCOc4ccccc4)CC3)C2=O)cc1. The molecule has 158 valence electrons. The van der Waals surface area contributed by atoms with Crippen molar-refractivity contribution in [3.63, 3.8) is 0 Å². The molecule has 2 amide bonds. The molecule has 30 heavy (non-hydrogen) atoms. The normalized spacial score (nSPS) is 20.6. The molecular weight excluding hydrogens is 382 g/mol. The summed E-state index contributed by atoms with van der Waals surface area (Å²) in [6.45, 7) is 4.74. The maximum Gasteiger partial charge on any atom is 0.251 e. The van der Waals surface area contributed by atoms with Gasteiger partial charge in [-0.2, -0.15) is 0 Å². The van der Waals surface area contributed by atoms with Crippen molar-refractivity contribution < 1.29 is 19.1 Å². The highest BCUT2D eigenvalue weighted by Crippen LogP contribution is 2.27. The monoisotopic (exact) mass is 409 g/mol. The number of carbonyl (C=O) groups is 2. The first kappa shape index (κ1) is 20.4. The van der Waals surface area contributed by atoms with Gasteiger partial charge in [0.05, 0.1) is 25.3 Å². The number of methoxy groups -OCH3 is 1. The summed E-state index contributed by atoms with van der Waals surface area (Å²) in [7, 11) is 1.59. The van der Waals surface area contributed by atoms with E-state index in [0.717, 1.165) is 38.5 Å². The number of imide groups is 1. The third kappa shape index (κ3) is 4.47. The summed E-state index contributed by atoms with van der Waals surface area (Å²) in [6, 6.07) is 16.5. The third-order valence-corrected chi connectivity index (χ3v) is 5.72. The van der Waals surface area contributed by atoms with Crippen LogP contribution in [0.2, 0.25) is 0 Å². The van der Waals surface area contributed by atoms with Gasteiger partial charge >= 0.3 is 0 Å². The number of hydrogen-bond donors (Lipinski definition) is 0. The van der Waals surface area contributed by atoms with E-state index in [9.17, 15) is 9.59 Å². The van der Waals surface area contributed by atoms with Gasteiger partial charge in [-0.15, -0.1) is 0 Å². The van der Waals surface area contributed by atoms with E-state index in [2.05, 4.69) is 9.80 Å². The van der Waals surface area contributed by atoms with Crippen LogP contribution in [0, 0.1) is 0 Å². The van der Waals surface area contributed by atoms with Crippen molar-refractivity contribution in [3.8, 4) is 11.5 Å². The topological polar surface area (TPSA) is 62.3 Å². The Balaban J connectivity index is 1.28. The first-order valence-electron chi connectivity index (χ1n) is 10.3. The van der Waals surface area contributed by atoms with Gasteiger partial charge in [-0.25, -0.2) is 4.90 Å². The molecule has 2 aliphatic rings. The van der Waals surface area contributed by atoms with Crippen LogP contribution in [0.3, 0.4) is 0 Å². The Hall–Kier alpha value is -2.90. The smallest absolute Gasteiger partial charge is 0.251 e. The summed E-state index contributed by atoms with van der Waals surface area (Å²) in [4.78, 5) is 31.3. The number of nitrogens with zero attached hydrogens (tertiary/aromatic N) is 3. The van der Waals surface area contributed by atoms with Crippen molar-refractivity contribution in [2.75, 3.05) is 51.3 Å². The molecule has 0 saturated carbocycles. The molecule has 0 bridgehead atoms. The van der Waals surface area contributed by atoms with Crippen LogP contribution in [-0.4, -0.2) is 74.1 Å². The summed E-state index contributed by atoms with van der Waals surface area (Å²) in [5.41, 5.74) is 0.602. The minimum absolute atomic E-state index is 0.133. The van der Waals surface area contributed by atoms with Crippen molar-refractivity contribution in [2.24, 2.45) is 0 Å². The molecule has 2 aliphatic heterocycles. The predicted molar refractivity (Wildman–Crippen MR) is 114 cm³/mol. The average Bonchev–Trinajstić information content (AvgIpc) is 3.09. The molecule has 7 heteroatoms. The van der Waals surface area contributed by atoms with Crippen molar-refractivity contribution in [1.29, 1.82) is 0 Å². The Bertz CT molecular complexity index is 864. The van der Waals surface area contributed by atoms with Crippen LogP contribution in [0.4, 0.5) is 5.69 Å². The van der Waals surface area contributed by atoms with Gasteiger partial charge in [-0.05, 0) is 36.4 Å². The molecule has 0 unspecified atom stereocenters. The highest BCUT2D eigenvalue weighted by Gasteiger charge is 2.43. The van der Waals surface area contributed by atoms with Gasteiger partial charge in [-0.3, -0.25) is 19.4 Å². The molecule has 2 fully saturated rings. The second-order valence-electron chi connectivity index (χ2n) is 7.52. The molecular formula is C23H27N3O4. The number of anilines is 1. The van der Waals surface area contributed by atoms with Crippen LogP contribution in [0.15, 0.2) is 54.6 Å². The lowest BCUT2D eigenvalue weighted by Crippen LogP contribution is -2.53. The van der Waals surface area contributed by atoms with E-state index >= 15 is 0 Å². The second-order valence-corrected chi connectivity index (χ2v) is 7.52. The lowest BCUT2D eigenvalue weighted by molar-refractivity contribution is -0.123.